The summed E-state index contributed by atoms with van der Waals surface area (Å²) in [5, 5.41) is 12.3. The molecule has 18 heavy (non-hydrogen) atoms. The SMILES string of the molecule is NC(=O)NC(=O)CCNC1CCCc2cn[nH]c21. The molecule has 3 amide bonds. The maximum absolute atomic E-state index is 11.2. The summed E-state index contributed by atoms with van der Waals surface area (Å²) in [6, 6.07) is -0.605. The molecule has 1 aliphatic carbocycles. The van der Waals surface area contributed by atoms with E-state index < -0.39 is 6.03 Å². The lowest BCUT2D eigenvalue weighted by Crippen LogP contribution is -2.37. The summed E-state index contributed by atoms with van der Waals surface area (Å²) in [7, 11) is 0. The van der Waals surface area contributed by atoms with Gasteiger partial charge in [0.05, 0.1) is 11.9 Å². The minimum atomic E-state index is -0.812. The number of hydrogen-bond acceptors (Lipinski definition) is 4. The van der Waals surface area contributed by atoms with Gasteiger partial charge in [-0.1, -0.05) is 0 Å². The van der Waals surface area contributed by atoms with Crippen molar-refractivity contribution < 1.29 is 9.59 Å². The monoisotopic (exact) mass is 251 g/mol. The molecule has 0 spiro atoms. The number of aromatic amines is 1. The van der Waals surface area contributed by atoms with Gasteiger partial charge in [-0.05, 0) is 24.8 Å². The molecular formula is C11H17N5O2. The number of fused-ring (bicyclic) bond motifs is 1. The Morgan fingerprint density at radius 2 is 2.39 bits per heavy atom. The largest absolute Gasteiger partial charge is 0.351 e. The predicted molar refractivity (Wildman–Crippen MR) is 64.6 cm³/mol. The third kappa shape index (κ3) is 3.07. The Kier molecular flexibility index (Phi) is 3.93. The van der Waals surface area contributed by atoms with Crippen LogP contribution in [-0.4, -0.2) is 28.7 Å². The molecule has 0 aromatic carbocycles. The number of H-pyrrole nitrogens is 1. The van der Waals surface area contributed by atoms with Crippen LogP contribution in [0.5, 0.6) is 0 Å². The first kappa shape index (κ1) is 12.6. The molecule has 0 saturated heterocycles. The van der Waals surface area contributed by atoms with Crippen LogP contribution in [-0.2, 0) is 11.2 Å². The molecule has 5 N–H and O–H groups in total. The average molecular weight is 251 g/mol. The zero-order valence-corrected chi connectivity index (χ0v) is 10.0. The number of urea groups is 1. The Hall–Kier alpha value is -1.89. The Labute approximate surface area is 105 Å². The molecule has 0 aliphatic heterocycles. The Morgan fingerprint density at radius 3 is 3.17 bits per heavy atom. The van der Waals surface area contributed by atoms with Crippen molar-refractivity contribution in [1.29, 1.82) is 0 Å². The Balaban J connectivity index is 1.79. The molecule has 1 atom stereocenters. The van der Waals surface area contributed by atoms with Crippen molar-refractivity contribution in [2.24, 2.45) is 5.73 Å². The molecule has 0 fully saturated rings. The number of hydrogen-bond donors (Lipinski definition) is 4. The van der Waals surface area contributed by atoms with Gasteiger partial charge < -0.3 is 11.1 Å². The standard InChI is InChI=1S/C11H17N5O2/c12-11(18)15-9(17)4-5-13-8-3-1-2-7-6-14-16-10(7)8/h6,8,13H,1-5H2,(H,14,16)(H3,12,15,17,18). The lowest BCUT2D eigenvalue weighted by molar-refractivity contribution is -0.119. The highest BCUT2D eigenvalue weighted by Gasteiger charge is 2.21. The van der Waals surface area contributed by atoms with Crippen LogP contribution in [0.25, 0.3) is 0 Å². The first-order valence-electron chi connectivity index (χ1n) is 6.01. The van der Waals surface area contributed by atoms with Crippen molar-refractivity contribution >= 4 is 11.9 Å². The summed E-state index contributed by atoms with van der Waals surface area (Å²) in [6.45, 7) is 0.502. The number of nitrogens with two attached hydrogens (primary N) is 1. The zero-order chi connectivity index (χ0) is 13.0. The fourth-order valence-corrected chi connectivity index (χ4v) is 2.23. The maximum Gasteiger partial charge on any atom is 0.318 e. The van der Waals surface area contributed by atoms with E-state index in [1.165, 1.54) is 5.56 Å². The van der Waals surface area contributed by atoms with Crippen LogP contribution >= 0.6 is 0 Å². The minimum absolute atomic E-state index is 0.206. The number of carbonyl (C=O) groups is 2. The van der Waals surface area contributed by atoms with Gasteiger partial charge in [-0.2, -0.15) is 5.10 Å². The van der Waals surface area contributed by atoms with Gasteiger partial charge in [0.25, 0.3) is 0 Å². The first-order valence-corrected chi connectivity index (χ1v) is 6.01. The van der Waals surface area contributed by atoms with Gasteiger partial charge in [0.2, 0.25) is 5.91 Å². The lowest BCUT2D eigenvalue weighted by Gasteiger charge is -2.22. The van der Waals surface area contributed by atoms with Gasteiger partial charge in [0.1, 0.15) is 0 Å². The quantitative estimate of drug-likeness (QED) is 0.601. The number of amides is 3. The first-order chi connectivity index (χ1) is 8.66. The molecule has 0 saturated carbocycles. The van der Waals surface area contributed by atoms with E-state index >= 15 is 0 Å². The Morgan fingerprint density at radius 1 is 1.56 bits per heavy atom. The summed E-state index contributed by atoms with van der Waals surface area (Å²) >= 11 is 0. The van der Waals surface area contributed by atoms with E-state index in [9.17, 15) is 9.59 Å². The summed E-state index contributed by atoms with van der Waals surface area (Å²) in [6.07, 6.45) is 5.25. The lowest BCUT2D eigenvalue weighted by atomic mass is 9.94. The highest BCUT2D eigenvalue weighted by atomic mass is 16.2. The van der Waals surface area contributed by atoms with Crippen molar-refractivity contribution in [3.8, 4) is 0 Å². The number of aromatic nitrogens is 2. The molecule has 7 heteroatoms. The molecular weight excluding hydrogens is 234 g/mol. The van der Waals surface area contributed by atoms with Gasteiger partial charge in [-0.15, -0.1) is 0 Å². The van der Waals surface area contributed by atoms with Crippen LogP contribution in [0, 0.1) is 0 Å². The Bertz CT molecular complexity index is 442. The highest BCUT2D eigenvalue weighted by Crippen LogP contribution is 2.27. The molecule has 1 heterocycles. The van der Waals surface area contributed by atoms with Gasteiger partial charge in [0, 0.05) is 19.0 Å². The van der Waals surface area contributed by atoms with E-state index in [-0.39, 0.29) is 18.4 Å². The van der Waals surface area contributed by atoms with Gasteiger partial charge in [0.15, 0.2) is 0 Å². The minimum Gasteiger partial charge on any atom is -0.351 e. The highest BCUT2D eigenvalue weighted by molar-refractivity contribution is 5.93. The van der Waals surface area contributed by atoms with Crippen LogP contribution in [0.1, 0.15) is 36.6 Å². The third-order valence-electron chi connectivity index (χ3n) is 3.04. The van der Waals surface area contributed by atoms with Crippen LogP contribution in [0.15, 0.2) is 6.20 Å². The molecule has 1 aromatic heterocycles. The maximum atomic E-state index is 11.2. The number of nitrogens with one attached hydrogen (secondary N) is 3. The number of primary amides is 1. The summed E-state index contributed by atoms with van der Waals surface area (Å²) in [5.41, 5.74) is 7.20. The smallest absolute Gasteiger partial charge is 0.318 e. The number of aryl methyl sites for hydroxylation is 1. The van der Waals surface area contributed by atoms with E-state index in [1.54, 1.807) is 0 Å². The molecule has 1 aliphatic rings. The predicted octanol–water partition coefficient (Wildman–Crippen LogP) is -0.0383. The number of rotatable bonds is 4. The van der Waals surface area contributed by atoms with Gasteiger partial charge in [-0.25, -0.2) is 4.79 Å². The van der Waals surface area contributed by atoms with Gasteiger partial charge >= 0.3 is 6.03 Å². The summed E-state index contributed by atoms with van der Waals surface area (Å²) in [4.78, 5) is 21.7. The molecule has 0 bridgehead atoms. The van der Waals surface area contributed by atoms with Crippen molar-refractivity contribution in [2.75, 3.05) is 6.54 Å². The van der Waals surface area contributed by atoms with Crippen LogP contribution in [0.4, 0.5) is 4.79 Å². The molecule has 1 aromatic rings. The molecule has 1 unspecified atom stereocenters. The van der Waals surface area contributed by atoms with Crippen molar-refractivity contribution in [3.05, 3.63) is 17.5 Å². The topological polar surface area (TPSA) is 113 Å². The zero-order valence-electron chi connectivity index (χ0n) is 10.0. The van der Waals surface area contributed by atoms with Crippen LogP contribution in [0.2, 0.25) is 0 Å². The van der Waals surface area contributed by atoms with E-state index in [4.69, 9.17) is 5.73 Å². The summed E-state index contributed by atoms with van der Waals surface area (Å²) in [5.74, 6) is -0.365. The van der Waals surface area contributed by atoms with Crippen molar-refractivity contribution in [3.63, 3.8) is 0 Å². The molecule has 98 valence electrons. The normalized spacial score (nSPS) is 18.1. The second kappa shape index (κ2) is 5.63. The van der Waals surface area contributed by atoms with E-state index in [0.717, 1.165) is 25.0 Å². The number of nitrogens with zero attached hydrogens (tertiary/aromatic N) is 1. The summed E-state index contributed by atoms with van der Waals surface area (Å²) < 4.78 is 0. The van der Waals surface area contributed by atoms with E-state index in [0.29, 0.717) is 6.54 Å². The van der Waals surface area contributed by atoms with Crippen LogP contribution < -0.4 is 16.4 Å². The molecule has 7 nitrogen and oxygen atoms in total. The number of carbonyl (C=O) groups excluding carboxylic acids is 2. The van der Waals surface area contributed by atoms with Crippen molar-refractivity contribution in [2.45, 2.75) is 31.7 Å². The molecule has 2 rings (SSSR count). The van der Waals surface area contributed by atoms with Crippen molar-refractivity contribution in [1.82, 2.24) is 20.8 Å². The van der Waals surface area contributed by atoms with E-state index in [2.05, 4.69) is 15.5 Å². The second-order valence-corrected chi connectivity index (χ2v) is 4.37. The fourth-order valence-electron chi connectivity index (χ4n) is 2.23. The fraction of sp³-hybridized carbons (Fsp3) is 0.545. The third-order valence-corrected chi connectivity index (χ3v) is 3.04. The van der Waals surface area contributed by atoms with Crippen LogP contribution in [0.3, 0.4) is 0 Å². The second-order valence-electron chi connectivity index (χ2n) is 4.37. The molecule has 0 radical (unpaired) electrons. The average Bonchev–Trinajstić information content (AvgIpc) is 2.76. The van der Waals surface area contributed by atoms with E-state index in [1.807, 2.05) is 11.5 Å². The van der Waals surface area contributed by atoms with Gasteiger partial charge in [-0.3, -0.25) is 15.2 Å². The number of imide groups is 1.